The lowest BCUT2D eigenvalue weighted by Crippen LogP contribution is -2.44. The first-order valence-electron chi connectivity index (χ1n) is 10.2. The molecule has 0 bridgehead atoms. The SMILES string of the molecule is CCNC(=NCc1c(Cl)cccc1N1CCN(C)CC1)NCCc1csc(C)n1.I. The first kappa shape index (κ1) is 25.2. The number of hydrogen-bond donors (Lipinski definition) is 2. The Bertz CT molecular complexity index is 820. The number of nitrogens with zero attached hydrogens (tertiary/aromatic N) is 4. The molecular weight excluding hydrogens is 531 g/mol. The Labute approximate surface area is 206 Å². The van der Waals surface area contributed by atoms with Gasteiger partial charge in [0.2, 0.25) is 0 Å². The summed E-state index contributed by atoms with van der Waals surface area (Å²) < 4.78 is 0. The predicted octanol–water partition coefficient (Wildman–Crippen LogP) is 3.77. The molecule has 166 valence electrons. The van der Waals surface area contributed by atoms with Crippen LogP contribution < -0.4 is 15.5 Å². The second kappa shape index (κ2) is 12.7. The Morgan fingerprint density at radius 2 is 2.00 bits per heavy atom. The van der Waals surface area contributed by atoms with Crippen LogP contribution in [0.3, 0.4) is 0 Å². The maximum absolute atomic E-state index is 6.57. The zero-order valence-electron chi connectivity index (χ0n) is 17.9. The fourth-order valence-corrected chi connectivity index (χ4v) is 4.26. The summed E-state index contributed by atoms with van der Waals surface area (Å²) in [4.78, 5) is 14.1. The quantitative estimate of drug-likeness (QED) is 0.306. The maximum Gasteiger partial charge on any atom is 0.191 e. The van der Waals surface area contributed by atoms with Crippen molar-refractivity contribution >= 4 is 58.6 Å². The van der Waals surface area contributed by atoms with E-state index in [-0.39, 0.29) is 24.0 Å². The van der Waals surface area contributed by atoms with Crippen molar-refractivity contribution in [3.63, 3.8) is 0 Å². The molecule has 3 rings (SSSR count). The molecule has 0 spiro atoms. The van der Waals surface area contributed by atoms with Crippen molar-refractivity contribution in [1.29, 1.82) is 0 Å². The molecule has 0 amide bonds. The fraction of sp³-hybridized carbons (Fsp3) is 0.524. The molecule has 1 aliphatic heterocycles. The van der Waals surface area contributed by atoms with Crippen LogP contribution in [0, 0.1) is 6.92 Å². The summed E-state index contributed by atoms with van der Waals surface area (Å²) in [6, 6.07) is 6.15. The molecule has 30 heavy (non-hydrogen) atoms. The molecule has 9 heteroatoms. The first-order chi connectivity index (χ1) is 14.1. The average molecular weight is 563 g/mol. The van der Waals surface area contributed by atoms with E-state index in [4.69, 9.17) is 16.6 Å². The molecule has 2 heterocycles. The van der Waals surface area contributed by atoms with Crippen molar-refractivity contribution in [2.75, 3.05) is 51.2 Å². The highest BCUT2D eigenvalue weighted by Crippen LogP contribution is 2.29. The molecule has 1 saturated heterocycles. The molecule has 2 N–H and O–H groups in total. The van der Waals surface area contributed by atoms with E-state index in [1.807, 2.05) is 19.1 Å². The number of rotatable bonds is 7. The van der Waals surface area contributed by atoms with Crippen LogP contribution in [-0.2, 0) is 13.0 Å². The second-order valence-electron chi connectivity index (χ2n) is 7.26. The number of nitrogens with one attached hydrogen (secondary N) is 2. The van der Waals surface area contributed by atoms with E-state index in [0.29, 0.717) is 6.54 Å². The van der Waals surface area contributed by atoms with E-state index in [9.17, 15) is 0 Å². The minimum Gasteiger partial charge on any atom is -0.369 e. The van der Waals surface area contributed by atoms with Gasteiger partial charge in [-0.25, -0.2) is 9.98 Å². The van der Waals surface area contributed by atoms with Crippen LogP contribution in [0.4, 0.5) is 5.69 Å². The van der Waals surface area contributed by atoms with E-state index >= 15 is 0 Å². The summed E-state index contributed by atoms with van der Waals surface area (Å²) in [6.07, 6.45) is 0.882. The number of aromatic nitrogens is 1. The third-order valence-corrected chi connectivity index (χ3v) is 6.19. The number of benzene rings is 1. The van der Waals surface area contributed by atoms with Gasteiger partial charge in [0.05, 0.1) is 17.2 Å². The van der Waals surface area contributed by atoms with Crippen molar-refractivity contribution in [2.45, 2.75) is 26.8 Å². The van der Waals surface area contributed by atoms with E-state index in [0.717, 1.165) is 72.9 Å². The van der Waals surface area contributed by atoms with Gasteiger partial charge in [0.25, 0.3) is 0 Å². The van der Waals surface area contributed by atoms with E-state index in [1.54, 1.807) is 11.3 Å². The number of piperazine rings is 1. The molecular formula is C21H32ClIN6S. The molecule has 0 atom stereocenters. The van der Waals surface area contributed by atoms with Crippen LogP contribution in [0.1, 0.15) is 23.2 Å². The minimum absolute atomic E-state index is 0. The van der Waals surface area contributed by atoms with Crippen LogP contribution in [0.15, 0.2) is 28.6 Å². The molecule has 0 saturated carbocycles. The second-order valence-corrected chi connectivity index (χ2v) is 8.73. The normalized spacial score (nSPS) is 15.1. The number of aryl methyl sites for hydroxylation is 1. The largest absolute Gasteiger partial charge is 0.369 e. The molecule has 2 aromatic rings. The Balaban J connectivity index is 0.00000320. The van der Waals surface area contributed by atoms with Crippen LogP contribution in [0.2, 0.25) is 5.02 Å². The Morgan fingerprint density at radius 1 is 1.23 bits per heavy atom. The topological polar surface area (TPSA) is 55.8 Å². The summed E-state index contributed by atoms with van der Waals surface area (Å²) in [6.45, 7) is 10.4. The zero-order chi connectivity index (χ0) is 20.6. The van der Waals surface area contributed by atoms with Crippen LogP contribution >= 0.6 is 46.9 Å². The smallest absolute Gasteiger partial charge is 0.191 e. The molecule has 0 radical (unpaired) electrons. The Morgan fingerprint density at radius 3 is 2.67 bits per heavy atom. The van der Waals surface area contributed by atoms with E-state index < -0.39 is 0 Å². The predicted molar refractivity (Wildman–Crippen MR) is 140 cm³/mol. The fourth-order valence-electron chi connectivity index (χ4n) is 3.38. The summed E-state index contributed by atoms with van der Waals surface area (Å²) in [5.74, 6) is 0.809. The molecule has 0 aliphatic carbocycles. The van der Waals surface area contributed by atoms with Crippen molar-refractivity contribution in [1.82, 2.24) is 20.5 Å². The number of aliphatic imine (C=N–C) groups is 1. The molecule has 1 aliphatic rings. The van der Waals surface area contributed by atoms with Crippen molar-refractivity contribution in [3.8, 4) is 0 Å². The highest BCUT2D eigenvalue weighted by atomic mass is 127. The van der Waals surface area contributed by atoms with Gasteiger partial charge in [0, 0.05) is 67.3 Å². The lowest BCUT2D eigenvalue weighted by molar-refractivity contribution is 0.312. The third kappa shape index (κ3) is 7.25. The van der Waals surface area contributed by atoms with Crippen molar-refractivity contribution in [3.05, 3.63) is 44.9 Å². The number of likely N-dealkylation sites (N-methyl/N-ethyl adjacent to an activating group) is 1. The summed E-state index contributed by atoms with van der Waals surface area (Å²) in [5.41, 5.74) is 3.41. The third-order valence-electron chi connectivity index (χ3n) is 5.02. The molecule has 1 fully saturated rings. The van der Waals surface area contributed by atoms with Gasteiger partial charge in [-0.1, -0.05) is 17.7 Å². The maximum atomic E-state index is 6.57. The Hall–Kier alpha value is -1.10. The van der Waals surface area contributed by atoms with Gasteiger partial charge in [0.1, 0.15) is 0 Å². The molecule has 1 aromatic carbocycles. The average Bonchev–Trinajstić information content (AvgIpc) is 3.12. The van der Waals surface area contributed by atoms with Gasteiger partial charge in [-0.05, 0) is 33.0 Å². The number of hydrogen-bond acceptors (Lipinski definition) is 5. The van der Waals surface area contributed by atoms with E-state index in [1.165, 1.54) is 5.69 Å². The van der Waals surface area contributed by atoms with Gasteiger partial charge in [0.15, 0.2) is 5.96 Å². The van der Waals surface area contributed by atoms with Crippen LogP contribution in [0.5, 0.6) is 0 Å². The summed E-state index contributed by atoms with van der Waals surface area (Å²) >= 11 is 8.26. The summed E-state index contributed by atoms with van der Waals surface area (Å²) in [7, 11) is 2.17. The van der Waals surface area contributed by atoms with Gasteiger partial charge in [-0.15, -0.1) is 35.3 Å². The van der Waals surface area contributed by atoms with E-state index in [2.05, 4.69) is 50.8 Å². The number of guanidine groups is 1. The van der Waals surface area contributed by atoms with Crippen LogP contribution in [0.25, 0.3) is 0 Å². The highest BCUT2D eigenvalue weighted by Gasteiger charge is 2.18. The monoisotopic (exact) mass is 562 g/mol. The van der Waals surface area contributed by atoms with Gasteiger partial charge in [-0.3, -0.25) is 0 Å². The van der Waals surface area contributed by atoms with Crippen LogP contribution in [-0.4, -0.2) is 62.2 Å². The molecule has 1 aromatic heterocycles. The van der Waals surface area contributed by atoms with Gasteiger partial charge in [-0.2, -0.15) is 0 Å². The lowest BCUT2D eigenvalue weighted by atomic mass is 10.1. The van der Waals surface area contributed by atoms with Crippen molar-refractivity contribution < 1.29 is 0 Å². The molecule has 0 unspecified atom stereocenters. The van der Waals surface area contributed by atoms with Gasteiger partial charge >= 0.3 is 0 Å². The minimum atomic E-state index is 0. The van der Waals surface area contributed by atoms with Crippen molar-refractivity contribution in [2.24, 2.45) is 4.99 Å². The first-order valence-corrected chi connectivity index (χ1v) is 11.5. The van der Waals surface area contributed by atoms with Gasteiger partial charge < -0.3 is 20.4 Å². The number of halogens is 2. The zero-order valence-corrected chi connectivity index (χ0v) is 21.9. The summed E-state index contributed by atoms with van der Waals surface area (Å²) in [5, 5.41) is 10.7. The standard InChI is InChI=1S/C21H31ClN6S.HI/c1-4-23-21(24-9-8-17-15-29-16(2)26-17)25-14-18-19(22)6-5-7-20(18)28-12-10-27(3)11-13-28;/h5-7,15H,4,8-14H2,1-3H3,(H2,23,24,25);1H. The number of thiazole rings is 1. The Kier molecular flexibility index (Phi) is 10.6. The lowest BCUT2D eigenvalue weighted by Gasteiger charge is -2.35. The molecule has 6 nitrogen and oxygen atoms in total. The highest BCUT2D eigenvalue weighted by molar-refractivity contribution is 14.0. The number of anilines is 1.